The van der Waals surface area contributed by atoms with E-state index < -0.39 is 5.85 Å². The van der Waals surface area contributed by atoms with Gasteiger partial charge in [0.05, 0.1) is 0 Å². The maximum absolute atomic E-state index is 11.4. The van der Waals surface area contributed by atoms with Gasteiger partial charge in [0.25, 0.3) is 5.85 Å². The van der Waals surface area contributed by atoms with Crippen molar-refractivity contribution in [1.82, 2.24) is 0 Å². The van der Waals surface area contributed by atoms with Gasteiger partial charge in [-0.2, -0.15) is 0 Å². The summed E-state index contributed by atoms with van der Waals surface area (Å²) < 4.78 is 11.4. The van der Waals surface area contributed by atoms with Gasteiger partial charge in [-0.1, -0.05) is 19.4 Å². The summed E-state index contributed by atoms with van der Waals surface area (Å²) in [6, 6.07) is 0. The molecule has 1 aliphatic carbocycles. The van der Waals surface area contributed by atoms with Crippen LogP contribution in [0, 0.1) is 0 Å². The Bertz CT molecular complexity index is 364. The van der Waals surface area contributed by atoms with E-state index in [1.165, 1.54) is 18.7 Å². The Morgan fingerprint density at radius 1 is 1.41 bits per heavy atom. The van der Waals surface area contributed by atoms with Crippen LogP contribution in [0.4, 0.5) is 0 Å². The molecule has 0 spiro atoms. The molecule has 0 bridgehead atoms. The lowest BCUT2D eigenvalue weighted by atomic mass is 10.00. The van der Waals surface area contributed by atoms with Crippen molar-refractivity contribution >= 4 is 51.7 Å². The molecule has 0 aliphatic heterocycles. The lowest BCUT2D eigenvalue weighted by molar-refractivity contribution is 0.523. The first kappa shape index (κ1) is 16.0. The third-order valence-electron chi connectivity index (χ3n) is 2.59. The Kier molecular flexibility index (Phi) is 6.50. The van der Waals surface area contributed by atoms with Crippen molar-refractivity contribution in [2.24, 2.45) is 0 Å². The van der Waals surface area contributed by atoms with Gasteiger partial charge in [0.2, 0.25) is 0 Å². The van der Waals surface area contributed by atoms with E-state index in [4.69, 9.17) is 34.1 Å². The minimum absolute atomic E-state index is 0.154. The van der Waals surface area contributed by atoms with Crippen molar-refractivity contribution in [2.45, 2.75) is 43.2 Å². The van der Waals surface area contributed by atoms with Crippen molar-refractivity contribution < 1.29 is 4.57 Å². The highest BCUT2D eigenvalue weighted by atomic mass is 35.9. The summed E-state index contributed by atoms with van der Waals surface area (Å²) in [4.78, 5) is 0.802. The van der Waals surface area contributed by atoms with Crippen molar-refractivity contribution in [3.8, 4) is 0 Å². The molecule has 1 rings (SSSR count). The summed E-state index contributed by atoms with van der Waals surface area (Å²) in [6.07, 6.45) is 4.46. The van der Waals surface area contributed by atoms with Gasteiger partial charge < -0.3 is 0 Å². The molecule has 0 radical (unpaired) electrons. The Labute approximate surface area is 122 Å². The SMILES string of the molecule is C=C(C)/C(=C\P(=O)(Cl)Cl)S[C@H]1CCCC[C@@H]1Cl. The second-order valence-electron chi connectivity index (χ2n) is 4.23. The molecule has 0 N–H and O–H groups in total. The Morgan fingerprint density at radius 3 is 2.47 bits per heavy atom. The minimum atomic E-state index is -3.21. The van der Waals surface area contributed by atoms with Gasteiger partial charge in [-0.25, -0.2) is 0 Å². The van der Waals surface area contributed by atoms with E-state index >= 15 is 0 Å². The molecule has 0 aromatic rings. The predicted molar refractivity (Wildman–Crippen MR) is 81.7 cm³/mol. The number of rotatable bonds is 4. The molecule has 17 heavy (non-hydrogen) atoms. The van der Waals surface area contributed by atoms with Crippen LogP contribution in [0.15, 0.2) is 22.9 Å². The van der Waals surface area contributed by atoms with Gasteiger partial charge >= 0.3 is 0 Å². The molecule has 1 fully saturated rings. The average molecular weight is 334 g/mol. The van der Waals surface area contributed by atoms with E-state index in [-0.39, 0.29) is 5.38 Å². The van der Waals surface area contributed by atoms with E-state index in [0.717, 1.165) is 23.3 Å². The van der Waals surface area contributed by atoms with E-state index in [1.54, 1.807) is 11.8 Å². The van der Waals surface area contributed by atoms with Crippen LogP contribution in [0.1, 0.15) is 32.6 Å². The van der Waals surface area contributed by atoms with Crippen molar-refractivity contribution in [3.63, 3.8) is 0 Å². The van der Waals surface area contributed by atoms with Gasteiger partial charge in [-0.15, -0.1) is 23.4 Å². The van der Waals surface area contributed by atoms with Crippen LogP contribution in [0.5, 0.6) is 0 Å². The van der Waals surface area contributed by atoms with Gasteiger partial charge in [0, 0.05) is 21.3 Å². The molecule has 0 amide bonds. The van der Waals surface area contributed by atoms with Crippen LogP contribution >= 0.6 is 51.7 Å². The van der Waals surface area contributed by atoms with Crippen LogP contribution in [0.25, 0.3) is 0 Å². The molecular formula is C11H16Cl3OPS. The Hall–Kier alpha value is 0.930. The number of allylic oxidation sites excluding steroid dienone is 1. The fraction of sp³-hybridized carbons (Fsp3) is 0.636. The molecular weight excluding hydrogens is 318 g/mol. The molecule has 0 aromatic heterocycles. The van der Waals surface area contributed by atoms with Gasteiger partial charge in [0.15, 0.2) is 0 Å². The van der Waals surface area contributed by atoms with Crippen LogP contribution in [0.2, 0.25) is 0 Å². The zero-order valence-corrected chi connectivity index (χ0v) is 13.6. The molecule has 0 aromatic carbocycles. The molecule has 0 saturated heterocycles. The standard InChI is InChI=1S/C11H16Cl3OPS/c1-8(2)11(7-16(13,14)15)17-10-6-4-3-5-9(10)12/h7,9-10H,1,3-6H2,2H3/b11-7+/t9-,10-/m0/s1. The van der Waals surface area contributed by atoms with Gasteiger partial charge in [-0.3, -0.25) is 4.57 Å². The highest BCUT2D eigenvalue weighted by Gasteiger charge is 2.25. The highest BCUT2D eigenvalue weighted by molar-refractivity contribution is 8.11. The number of alkyl halides is 1. The van der Waals surface area contributed by atoms with E-state index in [2.05, 4.69) is 6.58 Å². The Morgan fingerprint density at radius 2 is 2.00 bits per heavy atom. The Balaban J connectivity index is 2.77. The third-order valence-corrected chi connectivity index (χ3v) is 6.17. The summed E-state index contributed by atoms with van der Waals surface area (Å²) in [5.41, 5.74) is 0.825. The topological polar surface area (TPSA) is 17.1 Å². The van der Waals surface area contributed by atoms with Crippen LogP contribution in [-0.4, -0.2) is 10.6 Å². The highest BCUT2D eigenvalue weighted by Crippen LogP contribution is 2.60. The quantitative estimate of drug-likeness (QED) is 0.338. The molecule has 6 heteroatoms. The summed E-state index contributed by atoms with van der Waals surface area (Å²) in [5.74, 6) is -1.79. The predicted octanol–water partition coefficient (Wildman–Crippen LogP) is 6.36. The number of thioether (sulfide) groups is 1. The fourth-order valence-corrected chi connectivity index (χ4v) is 5.37. The molecule has 0 heterocycles. The molecule has 1 saturated carbocycles. The first-order valence-corrected chi connectivity index (χ1v) is 10.4. The summed E-state index contributed by atoms with van der Waals surface area (Å²) in [7, 11) is 0. The van der Waals surface area contributed by atoms with E-state index in [1.807, 2.05) is 6.92 Å². The lowest BCUT2D eigenvalue weighted by Crippen LogP contribution is -2.22. The lowest BCUT2D eigenvalue weighted by Gasteiger charge is -2.27. The second kappa shape index (κ2) is 6.91. The number of hydrogen-bond acceptors (Lipinski definition) is 2. The van der Waals surface area contributed by atoms with E-state index in [9.17, 15) is 4.57 Å². The number of halogens is 3. The molecule has 0 unspecified atom stereocenters. The number of hydrogen-bond donors (Lipinski definition) is 0. The van der Waals surface area contributed by atoms with Crippen LogP contribution in [-0.2, 0) is 4.57 Å². The van der Waals surface area contributed by atoms with Crippen LogP contribution in [0.3, 0.4) is 0 Å². The van der Waals surface area contributed by atoms with Crippen LogP contribution < -0.4 is 0 Å². The van der Waals surface area contributed by atoms with E-state index in [0.29, 0.717) is 5.25 Å². The van der Waals surface area contributed by atoms with Crippen molar-refractivity contribution in [1.29, 1.82) is 0 Å². The molecule has 2 atom stereocenters. The normalized spacial score (nSPS) is 26.9. The second-order valence-corrected chi connectivity index (χ2v) is 10.9. The molecule has 1 nitrogen and oxygen atoms in total. The van der Waals surface area contributed by atoms with Gasteiger partial charge in [-0.05, 0) is 47.8 Å². The third kappa shape index (κ3) is 6.07. The summed E-state index contributed by atoms with van der Waals surface area (Å²) in [6.45, 7) is 5.72. The first-order valence-electron chi connectivity index (χ1n) is 5.48. The van der Waals surface area contributed by atoms with Gasteiger partial charge in [0.1, 0.15) is 0 Å². The zero-order valence-electron chi connectivity index (χ0n) is 9.67. The first-order chi connectivity index (χ1) is 7.79. The largest absolute Gasteiger partial charge is 0.285 e. The maximum atomic E-state index is 11.4. The summed E-state index contributed by atoms with van der Waals surface area (Å²) in [5, 5.41) is 0.481. The maximum Gasteiger partial charge on any atom is 0.276 e. The zero-order chi connectivity index (χ0) is 13.1. The molecule has 1 aliphatic rings. The molecule has 98 valence electrons. The minimum Gasteiger partial charge on any atom is -0.285 e. The smallest absolute Gasteiger partial charge is 0.276 e. The average Bonchev–Trinajstić information content (AvgIpc) is 2.18. The fourth-order valence-electron chi connectivity index (χ4n) is 1.73. The monoisotopic (exact) mass is 332 g/mol. The summed E-state index contributed by atoms with van der Waals surface area (Å²) >= 11 is 19.1. The van der Waals surface area contributed by atoms with Crippen molar-refractivity contribution in [2.75, 3.05) is 0 Å². The van der Waals surface area contributed by atoms with Crippen molar-refractivity contribution in [3.05, 3.63) is 22.9 Å².